The second kappa shape index (κ2) is 9.85. The Labute approximate surface area is 112 Å². The third-order valence-electron chi connectivity index (χ3n) is 2.34. The summed E-state index contributed by atoms with van der Waals surface area (Å²) in [4.78, 5) is 23.0. The second-order valence-electron chi connectivity index (χ2n) is 3.91. The van der Waals surface area contributed by atoms with Crippen molar-refractivity contribution >= 4 is 29.1 Å². The van der Waals surface area contributed by atoms with E-state index in [0.29, 0.717) is 25.9 Å². The summed E-state index contributed by atoms with van der Waals surface area (Å²) in [7, 11) is 0. The minimum absolute atomic E-state index is 0.101. The van der Waals surface area contributed by atoms with Crippen LogP contribution in [0.1, 0.15) is 26.2 Å². The van der Waals surface area contributed by atoms with Crippen LogP contribution in [0.4, 0.5) is 0 Å². The topological polar surface area (TPSA) is 108 Å². The van der Waals surface area contributed by atoms with Gasteiger partial charge in [-0.15, -0.1) is 11.6 Å². The maximum atomic E-state index is 11.7. The largest absolute Gasteiger partial charge is 0.370 e. The molecule has 0 saturated carbocycles. The van der Waals surface area contributed by atoms with Crippen LogP contribution in [0.5, 0.6) is 0 Å². The van der Waals surface area contributed by atoms with Crippen molar-refractivity contribution in [1.29, 1.82) is 5.41 Å². The minimum atomic E-state index is -0.565. The van der Waals surface area contributed by atoms with Gasteiger partial charge in [0.1, 0.15) is 0 Å². The molecule has 0 amide bonds. The summed E-state index contributed by atoms with van der Waals surface area (Å²) in [6.45, 7) is 3.16. The average molecular weight is 277 g/mol. The summed E-state index contributed by atoms with van der Waals surface area (Å²) in [6.07, 6.45) is 2.04. The molecular weight excluding hydrogens is 256 g/mol. The van der Waals surface area contributed by atoms with Crippen LogP contribution in [-0.4, -0.2) is 42.5 Å². The summed E-state index contributed by atoms with van der Waals surface area (Å²) in [6, 6.07) is -0.495. The summed E-state index contributed by atoms with van der Waals surface area (Å²) < 4.78 is 0. The lowest BCUT2D eigenvalue weighted by atomic mass is 10.0. The Kier molecular flexibility index (Phi) is 9.22. The molecule has 0 aliphatic carbocycles. The first-order valence-corrected chi connectivity index (χ1v) is 6.50. The first kappa shape index (κ1) is 16.9. The Morgan fingerprint density at radius 1 is 1.39 bits per heavy atom. The molecule has 0 saturated heterocycles. The molecule has 0 spiro atoms. The van der Waals surface area contributed by atoms with Crippen LogP contribution in [0.3, 0.4) is 0 Å². The van der Waals surface area contributed by atoms with Gasteiger partial charge in [0.25, 0.3) is 0 Å². The van der Waals surface area contributed by atoms with Gasteiger partial charge < -0.3 is 16.4 Å². The van der Waals surface area contributed by atoms with Gasteiger partial charge in [-0.05, 0) is 25.8 Å². The van der Waals surface area contributed by atoms with Crippen molar-refractivity contribution in [2.45, 2.75) is 32.2 Å². The van der Waals surface area contributed by atoms with Crippen molar-refractivity contribution in [1.82, 2.24) is 10.6 Å². The molecule has 0 bridgehead atoms. The summed E-state index contributed by atoms with van der Waals surface area (Å²) in [5, 5.41) is 12.7. The zero-order chi connectivity index (χ0) is 14.0. The van der Waals surface area contributed by atoms with Gasteiger partial charge in [0.2, 0.25) is 11.6 Å². The number of hydrogen-bond acceptors (Lipinski definition) is 4. The van der Waals surface area contributed by atoms with E-state index in [2.05, 4.69) is 10.6 Å². The van der Waals surface area contributed by atoms with Crippen LogP contribution in [0.2, 0.25) is 0 Å². The number of alkyl halides is 1. The fourth-order valence-corrected chi connectivity index (χ4v) is 1.57. The number of halogens is 1. The molecule has 0 fully saturated rings. The molecule has 7 heteroatoms. The van der Waals surface area contributed by atoms with Crippen molar-refractivity contribution in [2.75, 3.05) is 19.0 Å². The monoisotopic (exact) mass is 276 g/mol. The fraction of sp³-hybridized carbons (Fsp3) is 0.727. The van der Waals surface area contributed by atoms with E-state index in [4.69, 9.17) is 22.7 Å². The van der Waals surface area contributed by atoms with Crippen molar-refractivity contribution in [3.63, 3.8) is 0 Å². The smallest absolute Gasteiger partial charge is 0.216 e. The molecule has 18 heavy (non-hydrogen) atoms. The van der Waals surface area contributed by atoms with E-state index in [-0.39, 0.29) is 11.8 Å². The number of nitrogens with two attached hydrogens (primary N) is 1. The number of Topliss-reactive ketones (excluding diaryl/α,β-unsaturated/α-hetero) is 2. The van der Waals surface area contributed by atoms with Crippen LogP contribution in [-0.2, 0) is 9.59 Å². The van der Waals surface area contributed by atoms with E-state index in [9.17, 15) is 9.59 Å². The number of ketones is 2. The lowest BCUT2D eigenvalue weighted by Crippen LogP contribution is -2.42. The zero-order valence-electron chi connectivity index (χ0n) is 10.6. The van der Waals surface area contributed by atoms with Gasteiger partial charge in [-0.25, -0.2) is 0 Å². The predicted molar refractivity (Wildman–Crippen MR) is 72.0 cm³/mol. The Bertz CT molecular complexity index is 297. The Morgan fingerprint density at radius 2 is 2.06 bits per heavy atom. The molecule has 0 unspecified atom stereocenters. The van der Waals surface area contributed by atoms with Crippen molar-refractivity contribution in [2.24, 2.45) is 5.73 Å². The second-order valence-corrected chi connectivity index (χ2v) is 4.18. The highest BCUT2D eigenvalue weighted by molar-refractivity contribution is 6.48. The Hall–Kier alpha value is -1.14. The normalized spacial score (nSPS) is 11.9. The van der Waals surface area contributed by atoms with E-state index in [0.717, 1.165) is 6.42 Å². The molecule has 6 nitrogen and oxygen atoms in total. The van der Waals surface area contributed by atoms with Crippen LogP contribution in [0.25, 0.3) is 0 Å². The van der Waals surface area contributed by atoms with Crippen LogP contribution < -0.4 is 16.4 Å². The Morgan fingerprint density at radius 3 is 2.56 bits per heavy atom. The van der Waals surface area contributed by atoms with Crippen LogP contribution >= 0.6 is 11.6 Å². The summed E-state index contributed by atoms with van der Waals surface area (Å²) >= 11 is 5.37. The third-order valence-corrected chi connectivity index (χ3v) is 2.58. The highest BCUT2D eigenvalue weighted by atomic mass is 35.5. The number of carbonyl (C=O) groups is 2. The van der Waals surface area contributed by atoms with Gasteiger partial charge in [0, 0.05) is 6.54 Å². The van der Waals surface area contributed by atoms with Crippen molar-refractivity contribution in [3.8, 4) is 0 Å². The molecule has 0 aliphatic heterocycles. The van der Waals surface area contributed by atoms with E-state index >= 15 is 0 Å². The fourth-order valence-electron chi connectivity index (χ4n) is 1.43. The van der Waals surface area contributed by atoms with E-state index < -0.39 is 17.6 Å². The number of nitrogens with one attached hydrogen (secondary N) is 3. The molecule has 0 aromatic carbocycles. The maximum Gasteiger partial charge on any atom is 0.216 e. The van der Waals surface area contributed by atoms with E-state index in [1.807, 2.05) is 6.92 Å². The lowest BCUT2D eigenvalue weighted by molar-refractivity contribution is -0.136. The molecule has 0 rings (SSSR count). The number of hydrogen-bond donors (Lipinski definition) is 4. The predicted octanol–water partition coefficient (Wildman–Crippen LogP) is -0.00513. The van der Waals surface area contributed by atoms with Gasteiger partial charge in [0.05, 0.1) is 11.9 Å². The van der Waals surface area contributed by atoms with Crippen molar-refractivity contribution in [3.05, 3.63) is 0 Å². The quantitative estimate of drug-likeness (QED) is 0.148. The molecule has 0 aliphatic rings. The molecule has 1 atom stereocenters. The minimum Gasteiger partial charge on any atom is -0.370 e. The van der Waals surface area contributed by atoms with Gasteiger partial charge in [0.15, 0.2) is 5.96 Å². The lowest BCUT2D eigenvalue weighted by Gasteiger charge is -2.16. The van der Waals surface area contributed by atoms with Crippen LogP contribution in [0, 0.1) is 5.41 Å². The summed E-state index contributed by atoms with van der Waals surface area (Å²) in [5.74, 6) is -1.42. The van der Waals surface area contributed by atoms with Crippen LogP contribution in [0.15, 0.2) is 0 Å². The van der Waals surface area contributed by atoms with Gasteiger partial charge in [-0.3, -0.25) is 15.0 Å². The molecule has 0 heterocycles. The SMILES string of the molecule is CCCN[C@@H](CCCNC(=N)N)C(=O)C(=O)CCl. The van der Waals surface area contributed by atoms with Gasteiger partial charge in [-0.1, -0.05) is 6.92 Å². The number of carbonyl (C=O) groups excluding carboxylic acids is 2. The van der Waals surface area contributed by atoms with E-state index in [1.54, 1.807) is 0 Å². The first-order valence-electron chi connectivity index (χ1n) is 5.97. The summed E-state index contributed by atoms with van der Waals surface area (Å²) in [5.41, 5.74) is 5.14. The molecular formula is C11H21ClN4O2. The highest BCUT2D eigenvalue weighted by Crippen LogP contribution is 2.01. The van der Waals surface area contributed by atoms with Gasteiger partial charge in [-0.2, -0.15) is 0 Å². The first-order chi connectivity index (χ1) is 8.52. The molecule has 5 N–H and O–H groups in total. The molecule has 104 valence electrons. The maximum absolute atomic E-state index is 11.7. The van der Waals surface area contributed by atoms with Gasteiger partial charge >= 0.3 is 0 Å². The van der Waals surface area contributed by atoms with Crippen molar-refractivity contribution < 1.29 is 9.59 Å². The number of guanidine groups is 1. The van der Waals surface area contributed by atoms with E-state index in [1.165, 1.54) is 0 Å². The standard InChI is InChI=1S/C11H21ClN4O2/c1-2-5-15-8(10(18)9(17)7-12)4-3-6-16-11(13)14/h8,15H,2-7H2,1H3,(H4,13,14,16)/t8-/m0/s1. The molecule has 0 aromatic rings. The molecule has 0 radical (unpaired) electrons. The zero-order valence-corrected chi connectivity index (χ0v) is 11.3. The number of rotatable bonds is 10. The molecule has 0 aromatic heterocycles. The third kappa shape index (κ3) is 7.24. The average Bonchev–Trinajstić information content (AvgIpc) is 2.35. The Balaban J connectivity index is 4.17. The highest BCUT2D eigenvalue weighted by Gasteiger charge is 2.23.